The van der Waals surface area contributed by atoms with Crippen molar-refractivity contribution >= 4 is 11.8 Å². The first-order chi connectivity index (χ1) is 23.3. The molecule has 2 aliphatic rings. The summed E-state index contributed by atoms with van der Waals surface area (Å²) in [5, 5.41) is 28.0. The predicted octanol–water partition coefficient (Wildman–Crippen LogP) is 4.98. The summed E-state index contributed by atoms with van der Waals surface area (Å²) in [4.78, 5) is 28.3. The van der Waals surface area contributed by atoms with Crippen LogP contribution >= 0.6 is 0 Å². The molecule has 0 aromatic heterocycles. The fourth-order valence-corrected chi connectivity index (χ4v) is 6.97. The van der Waals surface area contributed by atoms with Crippen molar-refractivity contribution in [1.29, 1.82) is 0 Å². The first-order valence-corrected chi connectivity index (χ1v) is 16.7. The van der Waals surface area contributed by atoms with Crippen LogP contribution in [0.15, 0.2) is 109 Å². The molecule has 0 aliphatic heterocycles. The van der Waals surface area contributed by atoms with E-state index in [0.717, 1.165) is 33.4 Å². The van der Waals surface area contributed by atoms with E-state index in [0.29, 0.717) is 12.8 Å². The minimum atomic E-state index is -0.964. The van der Waals surface area contributed by atoms with Gasteiger partial charge in [-0.25, -0.2) is 0 Å². The molecule has 0 saturated carbocycles. The number of aliphatic hydroxyl groups excluding tert-OH is 2. The summed E-state index contributed by atoms with van der Waals surface area (Å²) >= 11 is 0. The van der Waals surface area contributed by atoms with Gasteiger partial charge in [-0.15, -0.1) is 0 Å². The third-order valence-electron chi connectivity index (χ3n) is 9.85. The van der Waals surface area contributed by atoms with Crippen molar-refractivity contribution in [2.75, 3.05) is 0 Å². The smallest absolute Gasteiger partial charge is 0.250 e. The van der Waals surface area contributed by atoms with Crippen molar-refractivity contribution < 1.29 is 29.3 Å². The second-order valence-electron chi connectivity index (χ2n) is 13.1. The van der Waals surface area contributed by atoms with Gasteiger partial charge in [-0.05, 0) is 45.2 Å². The maximum atomic E-state index is 14.1. The highest BCUT2D eigenvalue weighted by Gasteiger charge is 2.41. The molecule has 0 fully saturated rings. The van der Waals surface area contributed by atoms with Gasteiger partial charge in [0.1, 0.15) is 12.2 Å². The van der Waals surface area contributed by atoms with E-state index in [9.17, 15) is 19.8 Å². The van der Waals surface area contributed by atoms with Crippen LogP contribution in [0.5, 0.6) is 0 Å². The lowest BCUT2D eigenvalue weighted by atomic mass is 9.84. The third kappa shape index (κ3) is 7.53. The third-order valence-corrected chi connectivity index (χ3v) is 9.85. The average molecular weight is 649 g/mol. The van der Waals surface area contributed by atoms with Gasteiger partial charge in [0.25, 0.3) is 0 Å². The zero-order valence-electron chi connectivity index (χ0n) is 27.4. The molecule has 0 heterocycles. The molecule has 8 unspecified atom stereocenters. The van der Waals surface area contributed by atoms with Crippen LogP contribution in [-0.2, 0) is 45.1 Å². The Balaban J connectivity index is 1.25. The molecule has 48 heavy (non-hydrogen) atoms. The molecule has 2 amide bonds. The molecule has 0 radical (unpaired) electrons. The lowest BCUT2D eigenvalue weighted by Crippen LogP contribution is -2.50. The summed E-state index contributed by atoms with van der Waals surface area (Å²) in [6.07, 6.45) is -2.55. The zero-order chi connectivity index (χ0) is 33.6. The van der Waals surface area contributed by atoms with Crippen molar-refractivity contribution in [3.8, 4) is 0 Å². The highest BCUT2D eigenvalue weighted by Crippen LogP contribution is 2.34. The van der Waals surface area contributed by atoms with Gasteiger partial charge in [0.15, 0.2) is 0 Å². The summed E-state index contributed by atoms with van der Waals surface area (Å²) in [5.74, 6) is -1.72. The molecule has 4 N–H and O–H groups in total. The second kappa shape index (κ2) is 15.3. The number of nitrogens with one attached hydrogen (secondary N) is 2. The Morgan fingerprint density at radius 3 is 1.35 bits per heavy atom. The number of rotatable bonds is 13. The summed E-state index contributed by atoms with van der Waals surface area (Å²) < 4.78 is 12.8. The molecule has 6 rings (SSSR count). The highest BCUT2D eigenvalue weighted by atomic mass is 16.5. The molecule has 0 spiro atoms. The van der Waals surface area contributed by atoms with Crippen LogP contribution in [-0.4, -0.2) is 46.4 Å². The Morgan fingerprint density at radius 2 is 0.958 bits per heavy atom. The van der Waals surface area contributed by atoms with Gasteiger partial charge < -0.3 is 30.3 Å². The number of carbonyl (C=O) groups excluding carboxylic acids is 2. The van der Waals surface area contributed by atoms with Crippen molar-refractivity contribution in [3.63, 3.8) is 0 Å². The summed E-state index contributed by atoms with van der Waals surface area (Å²) in [7, 11) is 0. The lowest BCUT2D eigenvalue weighted by molar-refractivity contribution is -0.149. The largest absolute Gasteiger partial charge is 0.390 e. The van der Waals surface area contributed by atoms with Crippen molar-refractivity contribution in [2.45, 2.75) is 76.4 Å². The molecule has 2 aliphatic carbocycles. The van der Waals surface area contributed by atoms with E-state index in [1.807, 2.05) is 123 Å². The second-order valence-corrected chi connectivity index (χ2v) is 13.1. The average Bonchev–Trinajstić information content (AvgIpc) is 3.59. The molecule has 0 saturated heterocycles. The van der Waals surface area contributed by atoms with E-state index in [1.165, 1.54) is 0 Å². The fourth-order valence-electron chi connectivity index (χ4n) is 6.97. The molecular formula is C40H44N2O6. The predicted molar refractivity (Wildman–Crippen MR) is 182 cm³/mol. The number of aliphatic hydroxyl groups is 2. The number of carbonyl (C=O) groups is 2. The number of benzene rings is 4. The Kier molecular flexibility index (Phi) is 10.7. The number of hydrogen-bond acceptors (Lipinski definition) is 6. The van der Waals surface area contributed by atoms with Crippen LogP contribution in [0.3, 0.4) is 0 Å². The van der Waals surface area contributed by atoms with E-state index in [-0.39, 0.29) is 25.0 Å². The maximum absolute atomic E-state index is 14.1. The Hall–Kier alpha value is -4.34. The molecular weight excluding hydrogens is 604 g/mol. The van der Waals surface area contributed by atoms with Crippen molar-refractivity contribution in [1.82, 2.24) is 10.6 Å². The first kappa shape index (κ1) is 33.6. The van der Waals surface area contributed by atoms with Gasteiger partial charge in [-0.3, -0.25) is 9.59 Å². The van der Waals surface area contributed by atoms with E-state index in [2.05, 4.69) is 10.6 Å². The van der Waals surface area contributed by atoms with Gasteiger partial charge in [-0.2, -0.15) is 0 Å². The van der Waals surface area contributed by atoms with E-state index in [4.69, 9.17) is 9.47 Å². The number of fused-ring (bicyclic) bond motifs is 2. The van der Waals surface area contributed by atoms with Gasteiger partial charge in [0, 0.05) is 12.8 Å². The number of ether oxygens (including phenoxy) is 2. The fraction of sp³-hybridized carbons (Fsp3) is 0.350. The Labute approximate surface area is 282 Å². The molecule has 8 nitrogen and oxygen atoms in total. The maximum Gasteiger partial charge on any atom is 0.250 e. The normalized spacial score (nSPS) is 22.2. The quantitative estimate of drug-likeness (QED) is 0.163. The zero-order valence-corrected chi connectivity index (χ0v) is 27.4. The van der Waals surface area contributed by atoms with E-state index < -0.39 is 48.3 Å². The van der Waals surface area contributed by atoms with Gasteiger partial charge in [0.05, 0.1) is 37.5 Å². The Morgan fingerprint density at radius 1 is 0.604 bits per heavy atom. The summed E-state index contributed by atoms with van der Waals surface area (Å²) in [6, 6.07) is 33.5. The van der Waals surface area contributed by atoms with Crippen LogP contribution in [0, 0.1) is 11.8 Å². The molecule has 250 valence electrons. The molecule has 0 bridgehead atoms. The summed E-state index contributed by atoms with van der Waals surface area (Å²) in [5.41, 5.74) is 5.59. The first-order valence-electron chi connectivity index (χ1n) is 16.7. The minimum absolute atomic E-state index is 0.187. The number of amides is 2. The van der Waals surface area contributed by atoms with Crippen molar-refractivity contribution in [3.05, 3.63) is 143 Å². The van der Waals surface area contributed by atoms with E-state index >= 15 is 0 Å². The van der Waals surface area contributed by atoms with Gasteiger partial charge >= 0.3 is 0 Å². The van der Waals surface area contributed by atoms with Crippen LogP contribution in [0.4, 0.5) is 0 Å². The lowest BCUT2D eigenvalue weighted by Gasteiger charge is -2.34. The van der Waals surface area contributed by atoms with Crippen molar-refractivity contribution in [2.24, 2.45) is 11.8 Å². The van der Waals surface area contributed by atoms with E-state index in [1.54, 1.807) is 0 Å². The Bertz CT molecular complexity index is 1560. The minimum Gasteiger partial charge on any atom is -0.390 e. The SMILES string of the molecule is CC(C(OCc1ccccc1)C(=O)NC1c2ccccc2CC1O)C(C)C(OCc1ccccc1)C(=O)NC1c2ccccc2CC1O. The van der Waals surface area contributed by atoms with Gasteiger partial charge in [-0.1, -0.05) is 123 Å². The highest BCUT2D eigenvalue weighted by molar-refractivity contribution is 5.83. The molecule has 8 atom stereocenters. The molecule has 8 heteroatoms. The summed E-state index contributed by atoms with van der Waals surface area (Å²) in [6.45, 7) is 4.16. The standard InChI is InChI=1S/C40H44N2O6/c1-25(37(47-23-27-13-5-3-6-14-27)39(45)41-35-31-19-11-9-17-29(31)21-33(35)43)26(2)38(48-24-28-15-7-4-8-16-28)40(46)42-36-32-20-12-10-18-30(32)22-34(36)44/h3-20,25-26,33-38,43-44H,21-24H2,1-2H3,(H,41,45)(H,42,46). The van der Waals surface area contributed by atoms with Gasteiger partial charge in [0.2, 0.25) is 11.8 Å². The molecule has 4 aromatic carbocycles. The molecule has 4 aromatic rings. The van der Waals surface area contributed by atoms with Crippen LogP contribution in [0.25, 0.3) is 0 Å². The monoisotopic (exact) mass is 648 g/mol. The van der Waals surface area contributed by atoms with Crippen LogP contribution < -0.4 is 10.6 Å². The van der Waals surface area contributed by atoms with Crippen LogP contribution in [0.2, 0.25) is 0 Å². The number of hydrogen-bond donors (Lipinski definition) is 4. The topological polar surface area (TPSA) is 117 Å². The van der Waals surface area contributed by atoms with Crippen LogP contribution in [0.1, 0.15) is 59.3 Å².